The Morgan fingerprint density at radius 3 is 2.26 bits per heavy atom. The Labute approximate surface area is 198 Å². The van der Waals surface area contributed by atoms with E-state index in [0.29, 0.717) is 30.6 Å². The first-order valence-electron chi connectivity index (χ1n) is 11.6. The van der Waals surface area contributed by atoms with E-state index in [-0.39, 0.29) is 18.8 Å². The van der Waals surface area contributed by atoms with Crippen molar-refractivity contribution in [3.05, 3.63) is 47.2 Å². The Morgan fingerprint density at radius 1 is 1.00 bits per heavy atom. The predicted octanol–water partition coefficient (Wildman–Crippen LogP) is 4.20. The normalized spacial score (nSPS) is 18.8. The SMILES string of the molecule is Cc1cc(N2CCN(S(=O)(=O)Cc3ccc(C(F)(F)F)cc3)CC2)nc(NC2CCCCC2)n1. The van der Waals surface area contributed by atoms with E-state index in [1.54, 1.807) is 0 Å². The number of benzene rings is 1. The molecule has 2 aromatic rings. The smallest absolute Gasteiger partial charge is 0.354 e. The van der Waals surface area contributed by atoms with Crippen molar-refractivity contribution in [3.8, 4) is 0 Å². The Balaban J connectivity index is 1.37. The van der Waals surface area contributed by atoms with E-state index in [4.69, 9.17) is 0 Å². The summed E-state index contributed by atoms with van der Waals surface area (Å²) in [6.07, 6.45) is 1.46. The van der Waals surface area contributed by atoms with Crippen molar-refractivity contribution in [2.24, 2.45) is 0 Å². The van der Waals surface area contributed by atoms with E-state index in [9.17, 15) is 21.6 Å². The first-order valence-corrected chi connectivity index (χ1v) is 13.2. The van der Waals surface area contributed by atoms with Crippen molar-refractivity contribution in [2.45, 2.75) is 57.0 Å². The molecular formula is C23H30F3N5O2S. The minimum absolute atomic E-state index is 0.289. The fourth-order valence-electron chi connectivity index (χ4n) is 4.50. The molecule has 186 valence electrons. The van der Waals surface area contributed by atoms with Gasteiger partial charge in [-0.3, -0.25) is 0 Å². The third-order valence-electron chi connectivity index (χ3n) is 6.37. The molecule has 2 heterocycles. The summed E-state index contributed by atoms with van der Waals surface area (Å²) >= 11 is 0. The van der Waals surface area contributed by atoms with Crippen LogP contribution in [0.15, 0.2) is 30.3 Å². The van der Waals surface area contributed by atoms with Gasteiger partial charge in [0.25, 0.3) is 0 Å². The van der Waals surface area contributed by atoms with Gasteiger partial charge in [0.1, 0.15) is 5.82 Å². The molecule has 11 heteroatoms. The van der Waals surface area contributed by atoms with Crippen molar-refractivity contribution in [1.29, 1.82) is 0 Å². The predicted molar refractivity (Wildman–Crippen MR) is 125 cm³/mol. The number of nitrogens with one attached hydrogen (secondary N) is 1. The van der Waals surface area contributed by atoms with E-state index in [0.717, 1.165) is 36.5 Å². The van der Waals surface area contributed by atoms with E-state index in [1.165, 1.54) is 35.7 Å². The number of aromatic nitrogens is 2. The lowest BCUT2D eigenvalue weighted by atomic mass is 9.96. The fourth-order valence-corrected chi connectivity index (χ4v) is 6.01. The molecule has 2 fully saturated rings. The van der Waals surface area contributed by atoms with Crippen LogP contribution in [-0.4, -0.2) is 54.9 Å². The van der Waals surface area contributed by atoms with E-state index < -0.39 is 21.8 Å². The molecule has 2 aliphatic rings. The Kier molecular flexibility index (Phi) is 7.32. The highest BCUT2D eigenvalue weighted by atomic mass is 32.2. The number of hydrogen-bond donors (Lipinski definition) is 1. The maximum absolute atomic E-state index is 12.9. The second kappa shape index (κ2) is 10.1. The van der Waals surface area contributed by atoms with Crippen molar-refractivity contribution in [2.75, 3.05) is 36.4 Å². The van der Waals surface area contributed by atoms with E-state index >= 15 is 0 Å². The average Bonchev–Trinajstić information content (AvgIpc) is 2.79. The Morgan fingerprint density at radius 2 is 1.65 bits per heavy atom. The molecule has 7 nitrogen and oxygen atoms in total. The molecule has 0 atom stereocenters. The molecule has 34 heavy (non-hydrogen) atoms. The summed E-state index contributed by atoms with van der Waals surface area (Å²) in [7, 11) is -3.65. The maximum Gasteiger partial charge on any atom is 0.416 e. The van der Waals surface area contributed by atoms with Gasteiger partial charge in [-0.15, -0.1) is 0 Å². The van der Waals surface area contributed by atoms with Gasteiger partial charge in [0.05, 0.1) is 11.3 Å². The second-order valence-corrected chi connectivity index (χ2v) is 11.0. The van der Waals surface area contributed by atoms with Crippen LogP contribution in [-0.2, 0) is 22.0 Å². The van der Waals surface area contributed by atoms with Gasteiger partial charge in [-0.1, -0.05) is 31.4 Å². The Hall–Kier alpha value is -2.40. The molecule has 0 amide bonds. The van der Waals surface area contributed by atoms with Crippen LogP contribution < -0.4 is 10.2 Å². The fraction of sp³-hybridized carbons (Fsp3) is 0.565. The second-order valence-electron chi connectivity index (χ2n) is 9.01. The van der Waals surface area contributed by atoms with Gasteiger partial charge < -0.3 is 10.2 Å². The molecule has 1 aliphatic carbocycles. The van der Waals surface area contributed by atoms with Crippen molar-refractivity contribution in [3.63, 3.8) is 0 Å². The summed E-state index contributed by atoms with van der Waals surface area (Å²) < 4.78 is 65.4. The van der Waals surface area contributed by atoms with Crippen molar-refractivity contribution >= 4 is 21.8 Å². The molecule has 0 spiro atoms. The number of halogens is 3. The van der Waals surface area contributed by atoms with E-state index in [1.807, 2.05) is 17.9 Å². The number of rotatable bonds is 6. The van der Waals surface area contributed by atoms with Crippen LogP contribution in [0.2, 0.25) is 0 Å². The minimum atomic E-state index is -4.45. The molecule has 1 N–H and O–H groups in total. The highest BCUT2D eigenvalue weighted by Gasteiger charge is 2.31. The van der Waals surface area contributed by atoms with Gasteiger partial charge in [-0.05, 0) is 37.5 Å². The topological polar surface area (TPSA) is 78.4 Å². The highest BCUT2D eigenvalue weighted by molar-refractivity contribution is 7.88. The average molecular weight is 498 g/mol. The third kappa shape index (κ3) is 6.18. The summed E-state index contributed by atoms with van der Waals surface area (Å²) in [6.45, 7) is 3.45. The molecule has 0 unspecified atom stereocenters. The highest BCUT2D eigenvalue weighted by Crippen LogP contribution is 2.29. The largest absolute Gasteiger partial charge is 0.416 e. The molecule has 1 aromatic carbocycles. The maximum atomic E-state index is 12.9. The standard InChI is InChI=1S/C23H30F3N5O2S/c1-17-15-21(29-22(27-17)28-20-5-3-2-4-6-20)30-11-13-31(14-12-30)34(32,33)16-18-7-9-19(10-8-18)23(24,25)26/h7-10,15,20H,2-6,11-14,16H2,1H3,(H,27,28,29). The summed E-state index contributed by atoms with van der Waals surface area (Å²) in [5.41, 5.74) is 0.390. The molecule has 1 aliphatic heterocycles. The molecule has 0 bridgehead atoms. The molecule has 1 saturated carbocycles. The van der Waals surface area contributed by atoms with Crippen LogP contribution in [0.4, 0.5) is 24.9 Å². The summed E-state index contributed by atoms with van der Waals surface area (Å²) in [5, 5.41) is 3.45. The van der Waals surface area contributed by atoms with Crippen molar-refractivity contribution < 1.29 is 21.6 Å². The summed E-state index contributed by atoms with van der Waals surface area (Å²) in [5.74, 6) is 1.05. The van der Waals surface area contributed by atoms with Crippen LogP contribution in [0.1, 0.15) is 48.9 Å². The zero-order valence-electron chi connectivity index (χ0n) is 19.2. The summed E-state index contributed by atoms with van der Waals surface area (Å²) in [4.78, 5) is 11.2. The number of hydrogen-bond acceptors (Lipinski definition) is 6. The van der Waals surface area contributed by atoms with Gasteiger partial charge in [0.2, 0.25) is 16.0 Å². The molecule has 1 aromatic heterocycles. The number of aryl methyl sites for hydroxylation is 1. The third-order valence-corrected chi connectivity index (χ3v) is 8.22. The number of nitrogens with zero attached hydrogens (tertiary/aromatic N) is 4. The monoisotopic (exact) mass is 497 g/mol. The molecule has 1 saturated heterocycles. The van der Waals surface area contributed by atoms with Gasteiger partial charge in [-0.2, -0.15) is 22.5 Å². The van der Waals surface area contributed by atoms with Crippen LogP contribution in [0.3, 0.4) is 0 Å². The lowest BCUT2D eigenvalue weighted by molar-refractivity contribution is -0.137. The van der Waals surface area contributed by atoms with Gasteiger partial charge >= 0.3 is 6.18 Å². The number of alkyl halides is 3. The number of anilines is 2. The van der Waals surface area contributed by atoms with Crippen LogP contribution in [0.25, 0.3) is 0 Å². The lowest BCUT2D eigenvalue weighted by Crippen LogP contribution is -2.49. The quantitative estimate of drug-likeness (QED) is 0.645. The first kappa shape index (κ1) is 24.7. The molecule has 4 rings (SSSR count). The van der Waals surface area contributed by atoms with Gasteiger partial charge in [0.15, 0.2) is 0 Å². The van der Waals surface area contributed by atoms with Gasteiger partial charge in [-0.25, -0.2) is 13.4 Å². The first-order chi connectivity index (χ1) is 16.1. The number of sulfonamides is 1. The lowest BCUT2D eigenvalue weighted by Gasteiger charge is -2.35. The summed E-state index contributed by atoms with van der Waals surface area (Å²) in [6, 6.07) is 6.56. The number of piperazine rings is 1. The zero-order chi connectivity index (χ0) is 24.3. The van der Waals surface area contributed by atoms with Crippen LogP contribution in [0, 0.1) is 6.92 Å². The van der Waals surface area contributed by atoms with Crippen molar-refractivity contribution in [1.82, 2.24) is 14.3 Å². The minimum Gasteiger partial charge on any atom is -0.354 e. The van der Waals surface area contributed by atoms with E-state index in [2.05, 4.69) is 15.3 Å². The molecule has 0 radical (unpaired) electrons. The van der Waals surface area contributed by atoms with Crippen LogP contribution in [0.5, 0.6) is 0 Å². The zero-order valence-corrected chi connectivity index (χ0v) is 20.0. The molecular weight excluding hydrogens is 467 g/mol. The van der Waals surface area contributed by atoms with Gasteiger partial charge in [0, 0.05) is 44.0 Å². The Bertz CT molecular complexity index is 1080. The van der Waals surface area contributed by atoms with Crippen LogP contribution >= 0.6 is 0 Å².